The number of carbonyl (C=O) groups excluding carboxylic acids is 2. The zero-order valence-electron chi connectivity index (χ0n) is 19.2. The average Bonchev–Trinajstić information content (AvgIpc) is 3.46. The number of carbonyl (C=O) groups is 2. The lowest BCUT2D eigenvalue weighted by Crippen LogP contribution is -2.38. The predicted octanol–water partition coefficient (Wildman–Crippen LogP) is 5.70. The summed E-state index contributed by atoms with van der Waals surface area (Å²) in [5.41, 5.74) is 4.18. The summed E-state index contributed by atoms with van der Waals surface area (Å²) in [7, 11) is 0. The second-order valence-electron chi connectivity index (χ2n) is 8.73. The summed E-state index contributed by atoms with van der Waals surface area (Å²) in [5, 5.41) is 5.49. The van der Waals surface area contributed by atoms with Crippen molar-refractivity contribution in [1.82, 2.24) is 19.9 Å². The van der Waals surface area contributed by atoms with Gasteiger partial charge in [0.25, 0.3) is 11.8 Å². The first kappa shape index (κ1) is 23.4. The van der Waals surface area contributed by atoms with E-state index in [1.807, 2.05) is 26.0 Å². The van der Waals surface area contributed by atoms with Crippen LogP contribution in [-0.4, -0.2) is 44.8 Å². The van der Waals surface area contributed by atoms with Gasteiger partial charge in [-0.3, -0.25) is 14.9 Å². The highest BCUT2D eigenvalue weighted by Crippen LogP contribution is 2.32. The van der Waals surface area contributed by atoms with E-state index in [4.69, 9.17) is 11.6 Å². The van der Waals surface area contributed by atoms with Gasteiger partial charge in [0.1, 0.15) is 11.5 Å². The van der Waals surface area contributed by atoms with Crippen molar-refractivity contribution in [2.24, 2.45) is 0 Å². The van der Waals surface area contributed by atoms with Gasteiger partial charge in [0.15, 0.2) is 0 Å². The SMILES string of the molecule is Cc1cc2nc(NC(=O)c3csc(C4CCN(C(=O)c5c(F)cccc5Cl)CC4)n3)[nH]c2cc1C. The Balaban J connectivity index is 1.22. The largest absolute Gasteiger partial charge is 0.338 e. The molecule has 0 atom stereocenters. The molecule has 2 amide bonds. The summed E-state index contributed by atoms with van der Waals surface area (Å²) < 4.78 is 14.1. The number of aromatic amines is 1. The van der Waals surface area contributed by atoms with Crippen molar-refractivity contribution >= 4 is 51.7 Å². The van der Waals surface area contributed by atoms with E-state index in [-0.39, 0.29) is 22.4 Å². The van der Waals surface area contributed by atoms with E-state index < -0.39 is 11.7 Å². The van der Waals surface area contributed by atoms with Crippen LogP contribution in [0.5, 0.6) is 0 Å². The normalized spacial score (nSPS) is 14.5. The van der Waals surface area contributed by atoms with Crippen molar-refractivity contribution in [3.8, 4) is 0 Å². The van der Waals surface area contributed by atoms with Gasteiger partial charge in [0.05, 0.1) is 26.6 Å². The van der Waals surface area contributed by atoms with Crippen molar-refractivity contribution < 1.29 is 14.0 Å². The summed E-state index contributed by atoms with van der Waals surface area (Å²) >= 11 is 7.48. The van der Waals surface area contributed by atoms with Gasteiger partial charge in [-0.1, -0.05) is 17.7 Å². The number of benzene rings is 2. The molecule has 1 saturated heterocycles. The molecule has 0 bridgehead atoms. The summed E-state index contributed by atoms with van der Waals surface area (Å²) in [6, 6.07) is 8.22. The number of H-pyrrole nitrogens is 1. The molecule has 0 spiro atoms. The molecule has 180 valence electrons. The van der Waals surface area contributed by atoms with Gasteiger partial charge in [-0.15, -0.1) is 11.3 Å². The first-order valence-electron chi connectivity index (χ1n) is 11.3. The van der Waals surface area contributed by atoms with Crippen molar-refractivity contribution in [3.05, 3.63) is 73.9 Å². The van der Waals surface area contributed by atoms with Gasteiger partial charge in [0.2, 0.25) is 5.95 Å². The minimum atomic E-state index is -0.616. The Bertz CT molecular complexity index is 1380. The number of hydrogen-bond donors (Lipinski definition) is 2. The first-order chi connectivity index (χ1) is 16.8. The average molecular weight is 512 g/mol. The van der Waals surface area contributed by atoms with Crippen molar-refractivity contribution in [2.75, 3.05) is 18.4 Å². The van der Waals surface area contributed by atoms with Gasteiger partial charge in [-0.2, -0.15) is 0 Å². The maximum Gasteiger partial charge on any atom is 0.277 e. The van der Waals surface area contributed by atoms with Crippen LogP contribution >= 0.6 is 22.9 Å². The Hall–Kier alpha value is -3.30. The lowest BCUT2D eigenvalue weighted by molar-refractivity contribution is 0.0708. The van der Waals surface area contributed by atoms with Crippen LogP contribution in [0, 0.1) is 19.7 Å². The number of aromatic nitrogens is 3. The fourth-order valence-electron chi connectivity index (χ4n) is 4.27. The molecule has 7 nitrogen and oxygen atoms in total. The number of piperidine rings is 1. The fraction of sp³-hybridized carbons (Fsp3) is 0.280. The third-order valence-corrected chi connectivity index (χ3v) is 7.71. The minimum Gasteiger partial charge on any atom is -0.338 e. The topological polar surface area (TPSA) is 91.0 Å². The molecular formula is C25H23ClFN5O2S. The lowest BCUT2D eigenvalue weighted by Gasteiger charge is -2.31. The predicted molar refractivity (Wildman–Crippen MR) is 135 cm³/mol. The molecule has 1 fully saturated rings. The quantitative estimate of drug-likeness (QED) is 0.367. The first-order valence-corrected chi connectivity index (χ1v) is 12.5. The van der Waals surface area contributed by atoms with Crippen LogP contribution in [0.2, 0.25) is 5.02 Å². The summed E-state index contributed by atoms with van der Waals surface area (Å²) in [6.45, 7) is 4.98. The van der Waals surface area contributed by atoms with Crippen molar-refractivity contribution in [2.45, 2.75) is 32.6 Å². The molecule has 2 N–H and O–H groups in total. The van der Waals surface area contributed by atoms with E-state index in [1.165, 1.54) is 29.5 Å². The molecule has 10 heteroatoms. The molecule has 5 rings (SSSR count). The third kappa shape index (κ3) is 4.66. The second kappa shape index (κ2) is 9.39. The third-order valence-electron chi connectivity index (χ3n) is 6.39. The molecule has 1 aliphatic heterocycles. The van der Waals surface area contributed by atoms with Crippen LogP contribution in [0.25, 0.3) is 11.0 Å². The zero-order valence-corrected chi connectivity index (χ0v) is 20.8. The molecule has 3 heterocycles. The van der Waals surface area contributed by atoms with E-state index in [0.717, 1.165) is 27.2 Å². The fourth-order valence-corrected chi connectivity index (χ4v) is 5.48. The molecule has 0 unspecified atom stereocenters. The van der Waals surface area contributed by atoms with Crippen molar-refractivity contribution in [3.63, 3.8) is 0 Å². The van der Waals surface area contributed by atoms with E-state index >= 15 is 0 Å². The number of anilines is 1. The number of hydrogen-bond acceptors (Lipinski definition) is 5. The van der Waals surface area contributed by atoms with Crippen LogP contribution in [0.4, 0.5) is 10.3 Å². The van der Waals surface area contributed by atoms with E-state index in [0.29, 0.717) is 37.6 Å². The van der Waals surface area contributed by atoms with Gasteiger partial charge in [0, 0.05) is 24.4 Å². The van der Waals surface area contributed by atoms with Crippen LogP contribution < -0.4 is 5.32 Å². The Morgan fingerprint density at radius 3 is 2.66 bits per heavy atom. The molecule has 0 radical (unpaired) electrons. The Labute approximate surface area is 210 Å². The van der Waals surface area contributed by atoms with Gasteiger partial charge in [-0.05, 0) is 62.1 Å². The van der Waals surface area contributed by atoms with Crippen molar-refractivity contribution in [1.29, 1.82) is 0 Å². The van der Waals surface area contributed by atoms with E-state index in [1.54, 1.807) is 10.3 Å². The van der Waals surface area contributed by atoms with Crippen LogP contribution in [0.3, 0.4) is 0 Å². The van der Waals surface area contributed by atoms with Crippen LogP contribution in [0.15, 0.2) is 35.7 Å². The standard InChI is InChI=1S/C25H23ClFN5O2S/c1-13-10-18-19(11-14(13)2)30-25(29-18)31-22(33)20-12-35-23(28-20)15-6-8-32(9-7-15)24(34)21-16(26)4-3-5-17(21)27/h3-5,10-12,15H,6-9H2,1-2H3,(H2,29,30,31,33). The van der Waals surface area contributed by atoms with Crippen LogP contribution in [0.1, 0.15) is 55.7 Å². The Kier molecular flexibility index (Phi) is 6.29. The summed E-state index contributed by atoms with van der Waals surface area (Å²) in [6.07, 6.45) is 1.35. The number of likely N-dealkylation sites (tertiary alicyclic amines) is 1. The highest BCUT2D eigenvalue weighted by Gasteiger charge is 2.29. The number of aryl methyl sites for hydroxylation is 2. The second-order valence-corrected chi connectivity index (χ2v) is 10.0. The highest BCUT2D eigenvalue weighted by atomic mass is 35.5. The maximum absolute atomic E-state index is 14.1. The number of nitrogens with one attached hydrogen (secondary N) is 2. The number of fused-ring (bicyclic) bond motifs is 1. The molecule has 2 aromatic carbocycles. The number of rotatable bonds is 4. The van der Waals surface area contributed by atoms with Crippen LogP contribution in [-0.2, 0) is 0 Å². The zero-order chi connectivity index (χ0) is 24.7. The molecule has 4 aromatic rings. The number of thiazole rings is 1. The summed E-state index contributed by atoms with van der Waals surface area (Å²) in [4.78, 5) is 39.3. The lowest BCUT2D eigenvalue weighted by atomic mass is 9.97. The molecule has 35 heavy (non-hydrogen) atoms. The van der Waals surface area contributed by atoms with Gasteiger partial charge < -0.3 is 9.88 Å². The molecule has 0 saturated carbocycles. The monoisotopic (exact) mass is 511 g/mol. The highest BCUT2D eigenvalue weighted by molar-refractivity contribution is 7.10. The molecule has 1 aliphatic rings. The number of imidazole rings is 1. The number of amides is 2. The number of nitrogens with zero attached hydrogens (tertiary/aromatic N) is 3. The summed E-state index contributed by atoms with van der Waals surface area (Å²) in [5.74, 6) is -0.847. The van der Waals surface area contributed by atoms with E-state index in [9.17, 15) is 14.0 Å². The number of halogens is 2. The van der Waals surface area contributed by atoms with Gasteiger partial charge >= 0.3 is 0 Å². The minimum absolute atomic E-state index is 0.0864. The Morgan fingerprint density at radius 2 is 1.91 bits per heavy atom. The van der Waals surface area contributed by atoms with Gasteiger partial charge in [-0.25, -0.2) is 14.4 Å². The van der Waals surface area contributed by atoms with E-state index in [2.05, 4.69) is 20.3 Å². The molecular weight excluding hydrogens is 489 g/mol. The Morgan fingerprint density at radius 1 is 1.17 bits per heavy atom. The molecule has 0 aliphatic carbocycles. The maximum atomic E-state index is 14.1. The molecule has 2 aromatic heterocycles. The smallest absolute Gasteiger partial charge is 0.277 e.